The largest absolute Gasteiger partial charge is 0.462 e. The average molecular weight is 348 g/mol. The Labute approximate surface area is 148 Å². The van der Waals surface area contributed by atoms with E-state index in [1.807, 2.05) is 13.8 Å². The van der Waals surface area contributed by atoms with Crippen LogP contribution in [0.3, 0.4) is 0 Å². The van der Waals surface area contributed by atoms with E-state index >= 15 is 0 Å². The van der Waals surface area contributed by atoms with Crippen LogP contribution < -0.4 is 0 Å². The molecule has 0 aromatic heterocycles. The number of fused-ring (bicyclic) bond motifs is 5. The van der Waals surface area contributed by atoms with E-state index in [0.29, 0.717) is 24.4 Å². The zero-order valence-electron chi connectivity index (χ0n) is 15.9. The number of ketones is 1. The summed E-state index contributed by atoms with van der Waals surface area (Å²) in [4.78, 5) is 25.1. The molecule has 0 amide bonds. The summed E-state index contributed by atoms with van der Waals surface area (Å²) in [7, 11) is 0. The van der Waals surface area contributed by atoms with Crippen molar-refractivity contribution in [1.82, 2.24) is 0 Å². The Morgan fingerprint density at radius 2 is 1.84 bits per heavy atom. The molecular formula is C20H28O5. The van der Waals surface area contributed by atoms with Crippen molar-refractivity contribution in [2.75, 3.05) is 6.61 Å². The molecule has 1 aliphatic heterocycles. The molecule has 5 nitrogen and oxygen atoms in total. The van der Waals surface area contributed by atoms with Gasteiger partial charge in [0, 0.05) is 29.6 Å². The molecule has 4 aliphatic carbocycles. The summed E-state index contributed by atoms with van der Waals surface area (Å²) in [6.45, 7) is 12.2. The first-order valence-electron chi connectivity index (χ1n) is 9.52. The molecule has 1 heterocycles. The monoisotopic (exact) mass is 348 g/mol. The molecule has 0 bridgehead atoms. The standard InChI is InChI=1S/C20H28O5/c1-9(21)24-16-13-10(7-17(16,2)3)11-12-14(11)19(13,6)20(15(12)22)8-23-18(4,5)25-20/h10-14,16H,7-8H2,1-6H3/t10-,11?,12?,13+,14+,16-,19+,20+/m1/s1. The first-order chi connectivity index (χ1) is 11.5. The van der Waals surface area contributed by atoms with Crippen molar-refractivity contribution in [3.63, 3.8) is 0 Å². The molecular weight excluding hydrogens is 320 g/mol. The normalized spacial score (nSPS) is 56.2. The maximum atomic E-state index is 13.3. The third-order valence-corrected chi connectivity index (χ3v) is 8.18. The quantitative estimate of drug-likeness (QED) is 0.682. The maximum absolute atomic E-state index is 13.3. The van der Waals surface area contributed by atoms with E-state index in [9.17, 15) is 9.59 Å². The topological polar surface area (TPSA) is 61.8 Å². The molecule has 0 N–H and O–H groups in total. The van der Waals surface area contributed by atoms with Crippen molar-refractivity contribution in [3.8, 4) is 0 Å². The first kappa shape index (κ1) is 16.2. The number of esters is 1. The second kappa shape index (κ2) is 4.14. The van der Waals surface area contributed by atoms with Crippen molar-refractivity contribution < 1.29 is 23.8 Å². The van der Waals surface area contributed by atoms with Crippen LogP contribution in [0.1, 0.15) is 48.0 Å². The fraction of sp³-hybridized carbons (Fsp3) is 0.900. The van der Waals surface area contributed by atoms with Gasteiger partial charge >= 0.3 is 5.97 Å². The lowest BCUT2D eigenvalue weighted by Gasteiger charge is -2.46. The SMILES string of the molecule is CC(=O)O[C@@H]1[C@@H]2[C@H](CC1(C)C)C1C3C(=O)[C@@]4(COC(C)(C)O4)[C@]2(C)[C@H]31. The van der Waals surface area contributed by atoms with Crippen LogP contribution in [0.4, 0.5) is 0 Å². The van der Waals surface area contributed by atoms with Crippen LogP contribution in [0.5, 0.6) is 0 Å². The van der Waals surface area contributed by atoms with E-state index in [4.69, 9.17) is 14.2 Å². The minimum absolute atomic E-state index is 0.0725. The van der Waals surface area contributed by atoms with E-state index < -0.39 is 11.4 Å². The highest BCUT2D eigenvalue weighted by molar-refractivity contribution is 5.98. The molecule has 2 unspecified atom stereocenters. The van der Waals surface area contributed by atoms with Crippen molar-refractivity contribution in [2.24, 2.45) is 40.4 Å². The van der Waals surface area contributed by atoms with Gasteiger partial charge in [0.2, 0.25) is 0 Å². The maximum Gasteiger partial charge on any atom is 0.302 e. The Hall–Kier alpha value is -0.940. The highest BCUT2D eigenvalue weighted by Gasteiger charge is 2.90. The van der Waals surface area contributed by atoms with Crippen molar-refractivity contribution in [3.05, 3.63) is 0 Å². The molecule has 5 aliphatic rings. The van der Waals surface area contributed by atoms with Crippen LogP contribution in [-0.4, -0.2) is 35.9 Å². The van der Waals surface area contributed by atoms with Crippen molar-refractivity contribution >= 4 is 11.8 Å². The van der Waals surface area contributed by atoms with Crippen LogP contribution in [0.2, 0.25) is 0 Å². The summed E-state index contributed by atoms with van der Waals surface area (Å²) in [6.07, 6.45) is 0.847. The Morgan fingerprint density at radius 1 is 1.16 bits per heavy atom. The highest BCUT2D eigenvalue weighted by atomic mass is 16.8. The molecule has 0 aromatic rings. The van der Waals surface area contributed by atoms with Crippen LogP contribution >= 0.6 is 0 Å². The van der Waals surface area contributed by atoms with Crippen LogP contribution in [0.15, 0.2) is 0 Å². The molecule has 4 saturated carbocycles. The zero-order valence-corrected chi connectivity index (χ0v) is 15.9. The number of Topliss-reactive ketones (excluding diaryl/α,β-unsaturated/α-hetero) is 1. The van der Waals surface area contributed by atoms with Gasteiger partial charge in [-0.15, -0.1) is 0 Å². The Kier molecular flexibility index (Phi) is 2.69. The summed E-state index contributed by atoms with van der Waals surface area (Å²) in [5.74, 6) is 0.800. The summed E-state index contributed by atoms with van der Waals surface area (Å²) >= 11 is 0. The lowest BCUT2D eigenvalue weighted by molar-refractivity contribution is -0.201. The van der Waals surface area contributed by atoms with Gasteiger partial charge < -0.3 is 14.2 Å². The van der Waals surface area contributed by atoms with Gasteiger partial charge in [-0.3, -0.25) is 9.59 Å². The second-order valence-electron chi connectivity index (χ2n) is 10.3. The Bertz CT molecular complexity index is 696. The molecule has 5 rings (SSSR count). The van der Waals surface area contributed by atoms with Crippen LogP contribution in [-0.2, 0) is 23.8 Å². The molecule has 0 radical (unpaired) electrons. The van der Waals surface area contributed by atoms with Gasteiger partial charge in [-0.2, -0.15) is 0 Å². The van der Waals surface area contributed by atoms with E-state index in [-0.39, 0.29) is 40.5 Å². The number of carbonyl (C=O) groups is 2. The van der Waals surface area contributed by atoms with Gasteiger partial charge in [0.1, 0.15) is 6.10 Å². The molecule has 25 heavy (non-hydrogen) atoms. The average Bonchev–Trinajstić information content (AvgIpc) is 2.90. The zero-order chi connectivity index (χ0) is 18.2. The number of carbonyl (C=O) groups excluding carboxylic acids is 2. The minimum atomic E-state index is -0.874. The third kappa shape index (κ3) is 1.60. The molecule has 5 fully saturated rings. The van der Waals surface area contributed by atoms with Gasteiger partial charge in [0.25, 0.3) is 0 Å². The van der Waals surface area contributed by atoms with E-state index in [1.54, 1.807) is 0 Å². The third-order valence-electron chi connectivity index (χ3n) is 8.18. The lowest BCUT2D eigenvalue weighted by atomic mass is 9.64. The van der Waals surface area contributed by atoms with E-state index in [2.05, 4.69) is 20.8 Å². The predicted molar refractivity (Wildman–Crippen MR) is 88.4 cm³/mol. The fourth-order valence-electron chi connectivity index (χ4n) is 7.52. The minimum Gasteiger partial charge on any atom is -0.462 e. The molecule has 8 atom stereocenters. The first-order valence-corrected chi connectivity index (χ1v) is 9.52. The number of hydrogen-bond donors (Lipinski definition) is 0. The molecule has 0 aromatic carbocycles. The molecule has 138 valence electrons. The van der Waals surface area contributed by atoms with E-state index in [1.165, 1.54) is 6.92 Å². The van der Waals surface area contributed by atoms with Crippen molar-refractivity contribution in [1.29, 1.82) is 0 Å². The molecule has 1 saturated heterocycles. The van der Waals surface area contributed by atoms with Crippen molar-refractivity contribution in [2.45, 2.75) is 65.5 Å². The van der Waals surface area contributed by atoms with Gasteiger partial charge in [-0.05, 0) is 38.0 Å². The van der Waals surface area contributed by atoms with Crippen LogP contribution in [0.25, 0.3) is 0 Å². The van der Waals surface area contributed by atoms with Gasteiger partial charge in [-0.25, -0.2) is 0 Å². The van der Waals surface area contributed by atoms with Gasteiger partial charge in [0.15, 0.2) is 17.2 Å². The highest BCUT2D eigenvalue weighted by Crippen LogP contribution is 2.84. The summed E-state index contributed by atoms with van der Waals surface area (Å²) < 4.78 is 18.1. The number of rotatable bonds is 1. The smallest absolute Gasteiger partial charge is 0.302 e. The molecule has 1 spiro atoms. The Balaban J connectivity index is 1.63. The number of hydrogen-bond acceptors (Lipinski definition) is 5. The summed E-state index contributed by atoms with van der Waals surface area (Å²) in [5.41, 5.74) is -1.26. The van der Waals surface area contributed by atoms with Gasteiger partial charge in [-0.1, -0.05) is 20.8 Å². The van der Waals surface area contributed by atoms with Gasteiger partial charge in [0.05, 0.1) is 6.61 Å². The molecule has 5 heteroatoms. The predicted octanol–water partition coefficient (Wildman–Crippen LogP) is 2.57. The van der Waals surface area contributed by atoms with E-state index in [0.717, 1.165) is 6.42 Å². The summed E-state index contributed by atoms with van der Waals surface area (Å²) in [6, 6.07) is 0. The summed E-state index contributed by atoms with van der Waals surface area (Å²) in [5, 5.41) is 0. The van der Waals surface area contributed by atoms with Crippen LogP contribution in [0, 0.1) is 40.4 Å². The lowest BCUT2D eigenvalue weighted by Crippen LogP contribution is -2.57. The second-order valence-corrected chi connectivity index (χ2v) is 10.3. The Morgan fingerprint density at radius 3 is 2.40 bits per heavy atom. The number of ether oxygens (including phenoxy) is 3. The fourth-order valence-corrected chi connectivity index (χ4v) is 7.52.